The predicted molar refractivity (Wildman–Crippen MR) is 122 cm³/mol. The monoisotopic (exact) mass is 466 g/mol. The first kappa shape index (κ1) is 25.8. The molecule has 0 aliphatic carbocycles. The molecule has 1 aliphatic rings. The van der Waals surface area contributed by atoms with Gasteiger partial charge >= 0.3 is 5.97 Å². The summed E-state index contributed by atoms with van der Waals surface area (Å²) in [7, 11) is -3.16. The molecule has 0 spiro atoms. The minimum absolute atomic E-state index is 0.0554. The molecule has 2 amide bonds. The van der Waals surface area contributed by atoms with Crippen LogP contribution in [0.2, 0.25) is 0 Å². The second kappa shape index (κ2) is 10.9. The smallest absolute Gasteiger partial charge is 0.329 e. The van der Waals surface area contributed by atoms with Crippen LogP contribution in [0.3, 0.4) is 0 Å². The quantitative estimate of drug-likeness (QED) is 0.557. The number of nitrogens with one attached hydrogen (secondary N) is 1. The summed E-state index contributed by atoms with van der Waals surface area (Å²) in [5.74, 6) is -1.65. The molecule has 2 atom stereocenters. The van der Waals surface area contributed by atoms with Gasteiger partial charge in [-0.3, -0.25) is 9.59 Å². The average molecular weight is 467 g/mol. The third-order valence-corrected chi connectivity index (χ3v) is 7.14. The van der Waals surface area contributed by atoms with Gasteiger partial charge in [0.2, 0.25) is 0 Å². The molecule has 8 nitrogen and oxygen atoms in total. The highest BCUT2D eigenvalue weighted by Crippen LogP contribution is 2.19. The van der Waals surface area contributed by atoms with Crippen molar-refractivity contribution >= 4 is 27.6 Å². The molecule has 1 aromatic rings. The molecular weight excluding hydrogens is 432 g/mol. The zero-order chi connectivity index (χ0) is 24.1. The topological polar surface area (TPSA) is 110 Å². The molecule has 1 fully saturated rings. The van der Waals surface area contributed by atoms with Gasteiger partial charge in [0.05, 0.1) is 11.5 Å². The van der Waals surface area contributed by atoms with E-state index in [2.05, 4.69) is 5.32 Å². The van der Waals surface area contributed by atoms with E-state index in [-0.39, 0.29) is 23.3 Å². The number of carbonyl (C=O) groups is 3. The van der Waals surface area contributed by atoms with E-state index < -0.39 is 46.3 Å². The van der Waals surface area contributed by atoms with Gasteiger partial charge in [-0.1, -0.05) is 45.4 Å². The maximum Gasteiger partial charge on any atom is 0.329 e. The first-order valence-corrected chi connectivity index (χ1v) is 12.8. The van der Waals surface area contributed by atoms with Crippen molar-refractivity contribution in [1.82, 2.24) is 10.2 Å². The van der Waals surface area contributed by atoms with Crippen molar-refractivity contribution in [3.8, 4) is 0 Å². The maximum atomic E-state index is 12.8. The molecule has 1 aromatic carbocycles. The molecular formula is C23H34N2O6S. The van der Waals surface area contributed by atoms with E-state index in [4.69, 9.17) is 4.74 Å². The summed E-state index contributed by atoms with van der Waals surface area (Å²) in [5, 5.41) is 2.69. The van der Waals surface area contributed by atoms with Crippen LogP contribution >= 0.6 is 0 Å². The van der Waals surface area contributed by atoms with Gasteiger partial charge in [-0.05, 0) is 37.3 Å². The van der Waals surface area contributed by atoms with Crippen LogP contribution in [0.25, 0.3) is 0 Å². The Balaban J connectivity index is 2.01. The second-order valence-electron chi connectivity index (χ2n) is 9.17. The number of aryl methyl sites for hydroxylation is 1. The molecule has 0 bridgehead atoms. The zero-order valence-corrected chi connectivity index (χ0v) is 20.3. The van der Waals surface area contributed by atoms with Gasteiger partial charge in [-0.15, -0.1) is 0 Å². The van der Waals surface area contributed by atoms with E-state index in [0.29, 0.717) is 18.5 Å². The molecule has 1 heterocycles. The molecule has 178 valence electrons. The number of benzene rings is 1. The summed E-state index contributed by atoms with van der Waals surface area (Å²) in [6, 6.07) is 5.65. The Kier molecular flexibility index (Phi) is 8.83. The highest BCUT2D eigenvalue weighted by molar-refractivity contribution is 7.91. The summed E-state index contributed by atoms with van der Waals surface area (Å²) in [5.41, 5.74) is 1.44. The molecule has 0 radical (unpaired) electrons. The van der Waals surface area contributed by atoms with Crippen molar-refractivity contribution < 1.29 is 27.5 Å². The SMILES string of the molecule is Cc1ccc(C(=O)NC(C(=O)OCC(=O)N(CC(C)C)C2CCS(=O)(=O)C2)C(C)C)cc1. The summed E-state index contributed by atoms with van der Waals surface area (Å²) in [4.78, 5) is 39.5. The minimum atomic E-state index is -3.16. The van der Waals surface area contributed by atoms with Gasteiger partial charge < -0.3 is 15.0 Å². The number of nitrogens with zero attached hydrogens (tertiary/aromatic N) is 1. The first-order chi connectivity index (χ1) is 14.9. The lowest BCUT2D eigenvalue weighted by atomic mass is 10.0. The van der Waals surface area contributed by atoms with Gasteiger partial charge in [-0.25, -0.2) is 13.2 Å². The number of hydrogen-bond donors (Lipinski definition) is 1. The van der Waals surface area contributed by atoms with Crippen molar-refractivity contribution in [2.75, 3.05) is 24.7 Å². The average Bonchev–Trinajstić information content (AvgIpc) is 3.07. The van der Waals surface area contributed by atoms with Crippen LogP contribution in [0, 0.1) is 18.8 Å². The Morgan fingerprint density at radius 1 is 1.12 bits per heavy atom. The van der Waals surface area contributed by atoms with Gasteiger partial charge in [0.25, 0.3) is 11.8 Å². The largest absolute Gasteiger partial charge is 0.454 e. The van der Waals surface area contributed by atoms with E-state index >= 15 is 0 Å². The number of carbonyl (C=O) groups excluding carboxylic acids is 3. The first-order valence-electron chi connectivity index (χ1n) is 10.9. The molecule has 2 unspecified atom stereocenters. The normalized spacial score (nSPS) is 18.4. The highest BCUT2D eigenvalue weighted by Gasteiger charge is 2.35. The van der Waals surface area contributed by atoms with Crippen LogP contribution in [0.1, 0.15) is 50.0 Å². The van der Waals surface area contributed by atoms with E-state index in [1.807, 2.05) is 32.9 Å². The molecule has 1 N–H and O–H groups in total. The van der Waals surface area contributed by atoms with Crippen LogP contribution in [0.4, 0.5) is 0 Å². The lowest BCUT2D eigenvalue weighted by molar-refractivity contribution is -0.155. The standard InChI is InChI=1S/C23H34N2O6S/c1-15(2)12-25(19-10-11-32(29,30)14-19)20(26)13-31-23(28)21(16(3)4)24-22(27)18-8-6-17(5)7-9-18/h6-9,15-16,19,21H,10-14H2,1-5H3,(H,24,27). The molecule has 0 aromatic heterocycles. The van der Waals surface area contributed by atoms with Gasteiger partial charge in [0.1, 0.15) is 6.04 Å². The number of sulfone groups is 1. The highest BCUT2D eigenvalue weighted by atomic mass is 32.2. The number of ether oxygens (including phenoxy) is 1. The van der Waals surface area contributed by atoms with Crippen LogP contribution in [-0.4, -0.2) is 67.8 Å². The fourth-order valence-electron chi connectivity index (χ4n) is 3.60. The van der Waals surface area contributed by atoms with Crippen LogP contribution < -0.4 is 5.32 Å². The van der Waals surface area contributed by atoms with Crippen molar-refractivity contribution in [2.24, 2.45) is 11.8 Å². The van der Waals surface area contributed by atoms with E-state index in [0.717, 1.165) is 5.56 Å². The van der Waals surface area contributed by atoms with Crippen molar-refractivity contribution in [3.05, 3.63) is 35.4 Å². The van der Waals surface area contributed by atoms with Crippen molar-refractivity contribution in [1.29, 1.82) is 0 Å². The molecule has 32 heavy (non-hydrogen) atoms. The third-order valence-electron chi connectivity index (χ3n) is 5.39. The van der Waals surface area contributed by atoms with E-state index in [9.17, 15) is 22.8 Å². The Bertz CT molecular complexity index is 924. The van der Waals surface area contributed by atoms with Crippen LogP contribution in [0.5, 0.6) is 0 Å². The van der Waals surface area contributed by atoms with Crippen LogP contribution in [-0.2, 0) is 24.2 Å². The fourth-order valence-corrected chi connectivity index (χ4v) is 5.33. The van der Waals surface area contributed by atoms with Crippen molar-refractivity contribution in [2.45, 2.75) is 53.1 Å². The van der Waals surface area contributed by atoms with Gasteiger partial charge in [-0.2, -0.15) is 0 Å². The maximum absolute atomic E-state index is 12.8. The molecule has 9 heteroatoms. The van der Waals surface area contributed by atoms with Gasteiger partial charge in [0.15, 0.2) is 16.4 Å². The third kappa shape index (κ3) is 7.32. The molecule has 1 saturated heterocycles. The zero-order valence-electron chi connectivity index (χ0n) is 19.5. The van der Waals surface area contributed by atoms with E-state index in [1.165, 1.54) is 4.90 Å². The number of esters is 1. The Hall–Kier alpha value is -2.42. The second-order valence-corrected chi connectivity index (χ2v) is 11.4. The number of hydrogen-bond acceptors (Lipinski definition) is 6. The predicted octanol–water partition coefficient (Wildman–Crippen LogP) is 1.96. The summed E-state index contributed by atoms with van der Waals surface area (Å²) < 4.78 is 29.0. The number of rotatable bonds is 9. The molecule has 1 aliphatic heterocycles. The lowest BCUT2D eigenvalue weighted by Gasteiger charge is -2.30. The summed E-state index contributed by atoms with van der Waals surface area (Å²) >= 11 is 0. The van der Waals surface area contributed by atoms with E-state index in [1.54, 1.807) is 26.0 Å². The number of amides is 2. The minimum Gasteiger partial charge on any atom is -0.454 e. The Morgan fingerprint density at radius 2 is 1.75 bits per heavy atom. The Labute approximate surface area is 190 Å². The Morgan fingerprint density at radius 3 is 2.25 bits per heavy atom. The lowest BCUT2D eigenvalue weighted by Crippen LogP contribution is -2.48. The van der Waals surface area contributed by atoms with Crippen molar-refractivity contribution in [3.63, 3.8) is 0 Å². The fraction of sp³-hybridized carbons (Fsp3) is 0.609. The van der Waals surface area contributed by atoms with Gasteiger partial charge in [0, 0.05) is 18.2 Å². The van der Waals surface area contributed by atoms with Crippen LogP contribution in [0.15, 0.2) is 24.3 Å². The summed E-state index contributed by atoms with van der Waals surface area (Å²) in [6.07, 6.45) is 0.385. The molecule has 2 rings (SSSR count). The summed E-state index contributed by atoms with van der Waals surface area (Å²) in [6.45, 7) is 9.22. The molecule has 0 saturated carbocycles.